The molecule has 0 fully saturated rings. The molecule has 2 aromatic rings. The quantitative estimate of drug-likeness (QED) is 0.369. The molecular formula is C19H18N2O3. The van der Waals surface area contributed by atoms with Gasteiger partial charge in [0.15, 0.2) is 5.78 Å². The molecule has 1 heterocycles. The normalized spacial score (nSPS) is 17.3. The molecule has 2 aromatic carbocycles. The number of hydrogen-bond donors (Lipinski definition) is 0. The van der Waals surface area contributed by atoms with Gasteiger partial charge in [0, 0.05) is 29.9 Å². The van der Waals surface area contributed by atoms with E-state index in [1.54, 1.807) is 12.1 Å². The van der Waals surface area contributed by atoms with Crippen molar-refractivity contribution in [3.8, 4) is 0 Å². The zero-order valence-electron chi connectivity index (χ0n) is 13.4. The van der Waals surface area contributed by atoms with Gasteiger partial charge in [-0.15, -0.1) is 0 Å². The maximum atomic E-state index is 12.9. The minimum Gasteiger partial charge on any atom is -0.357 e. The second kappa shape index (κ2) is 6.66. The van der Waals surface area contributed by atoms with E-state index in [1.165, 1.54) is 17.7 Å². The number of nitrogens with zero attached hydrogens (tertiary/aromatic N) is 2. The summed E-state index contributed by atoms with van der Waals surface area (Å²) in [5, 5.41) is 10.8. The van der Waals surface area contributed by atoms with Gasteiger partial charge >= 0.3 is 0 Å². The summed E-state index contributed by atoms with van der Waals surface area (Å²) in [6, 6.07) is 15.3. The third-order valence-corrected chi connectivity index (χ3v) is 4.28. The molecule has 3 rings (SSSR count). The zero-order valence-corrected chi connectivity index (χ0v) is 13.4. The van der Waals surface area contributed by atoms with Gasteiger partial charge in [0.2, 0.25) is 0 Å². The van der Waals surface area contributed by atoms with Gasteiger partial charge in [-0.25, -0.2) is 0 Å². The molecule has 0 saturated heterocycles. The molecule has 0 saturated carbocycles. The summed E-state index contributed by atoms with van der Waals surface area (Å²) in [5.74, 6) is 0.0707. The molecule has 5 nitrogen and oxygen atoms in total. The molecule has 0 aromatic heterocycles. The Kier molecular flexibility index (Phi) is 4.42. The summed E-state index contributed by atoms with van der Waals surface area (Å²) in [6.45, 7) is 2.64. The highest BCUT2D eigenvalue weighted by Gasteiger charge is 2.29. The van der Waals surface area contributed by atoms with Crippen molar-refractivity contribution < 1.29 is 9.72 Å². The molecule has 24 heavy (non-hydrogen) atoms. The first-order chi connectivity index (χ1) is 11.6. The highest BCUT2D eigenvalue weighted by atomic mass is 16.6. The first-order valence-corrected chi connectivity index (χ1v) is 7.82. The van der Waals surface area contributed by atoms with Crippen LogP contribution in [-0.2, 0) is 0 Å². The number of carbonyl (C=O) groups is 1. The average Bonchev–Trinajstić information content (AvgIpc) is 2.62. The smallest absolute Gasteiger partial charge is 0.269 e. The summed E-state index contributed by atoms with van der Waals surface area (Å²) >= 11 is 0. The molecule has 5 heteroatoms. The molecule has 0 spiro atoms. The van der Waals surface area contributed by atoms with E-state index >= 15 is 0 Å². The molecule has 1 aliphatic heterocycles. The summed E-state index contributed by atoms with van der Waals surface area (Å²) in [4.78, 5) is 25.3. The topological polar surface area (TPSA) is 63.4 Å². The number of anilines is 1. The number of benzene rings is 2. The molecule has 1 aliphatic rings. The first-order valence-electron chi connectivity index (χ1n) is 7.82. The van der Waals surface area contributed by atoms with Gasteiger partial charge < -0.3 is 4.90 Å². The van der Waals surface area contributed by atoms with E-state index in [-0.39, 0.29) is 17.5 Å². The fourth-order valence-corrected chi connectivity index (χ4v) is 2.96. The van der Waals surface area contributed by atoms with Crippen LogP contribution < -0.4 is 4.90 Å². The molecule has 1 atom stereocenters. The number of rotatable bonds is 4. The van der Waals surface area contributed by atoms with Crippen LogP contribution in [0, 0.1) is 10.1 Å². The van der Waals surface area contributed by atoms with Crippen molar-refractivity contribution in [3.05, 3.63) is 81.9 Å². The Bertz CT molecular complexity index is 782. The lowest BCUT2D eigenvalue weighted by Crippen LogP contribution is -2.44. The largest absolute Gasteiger partial charge is 0.357 e. The number of carbonyl (C=O) groups excluding carboxylic acids is 1. The molecule has 0 N–H and O–H groups in total. The predicted molar refractivity (Wildman–Crippen MR) is 93.4 cm³/mol. The molecule has 0 unspecified atom stereocenters. The average molecular weight is 322 g/mol. The first kappa shape index (κ1) is 15.9. The maximum Gasteiger partial charge on any atom is 0.269 e. The van der Waals surface area contributed by atoms with Gasteiger partial charge in [-0.1, -0.05) is 42.0 Å². The second-order valence-electron chi connectivity index (χ2n) is 5.93. The van der Waals surface area contributed by atoms with Crippen LogP contribution in [0.5, 0.6) is 0 Å². The van der Waals surface area contributed by atoms with Crippen LogP contribution in [0.15, 0.2) is 66.2 Å². The molecule has 0 aliphatic carbocycles. The highest BCUT2D eigenvalue weighted by molar-refractivity contribution is 6.02. The number of nitro benzene ring substituents is 1. The van der Waals surface area contributed by atoms with Crippen LogP contribution >= 0.6 is 0 Å². The van der Waals surface area contributed by atoms with Crippen LogP contribution in [-0.4, -0.2) is 23.3 Å². The number of hydrogen-bond acceptors (Lipinski definition) is 4. The van der Waals surface area contributed by atoms with Gasteiger partial charge in [0.05, 0.1) is 11.0 Å². The van der Waals surface area contributed by atoms with Crippen molar-refractivity contribution in [2.45, 2.75) is 19.4 Å². The Labute approximate surface area is 140 Å². The van der Waals surface area contributed by atoms with E-state index in [2.05, 4.69) is 6.08 Å². The van der Waals surface area contributed by atoms with E-state index in [9.17, 15) is 14.9 Å². The molecule has 0 amide bonds. The third-order valence-electron chi connectivity index (χ3n) is 4.28. The van der Waals surface area contributed by atoms with Crippen molar-refractivity contribution in [2.24, 2.45) is 0 Å². The SMILES string of the molecule is CC1=CCN(c2ccc([N+](=O)[O-])cc2)[C@H](C(=O)c2ccccc2)C1. The van der Waals surface area contributed by atoms with E-state index in [1.807, 2.05) is 42.2 Å². The van der Waals surface area contributed by atoms with Crippen LogP contribution in [0.4, 0.5) is 11.4 Å². The summed E-state index contributed by atoms with van der Waals surface area (Å²) in [5.41, 5.74) is 2.73. The Morgan fingerprint density at radius 3 is 2.42 bits per heavy atom. The van der Waals surface area contributed by atoms with Gasteiger partial charge in [0.1, 0.15) is 0 Å². The van der Waals surface area contributed by atoms with Gasteiger partial charge in [-0.2, -0.15) is 0 Å². The zero-order chi connectivity index (χ0) is 17.1. The van der Waals surface area contributed by atoms with Crippen LogP contribution in [0.25, 0.3) is 0 Å². The van der Waals surface area contributed by atoms with Crippen molar-refractivity contribution >= 4 is 17.2 Å². The van der Waals surface area contributed by atoms with E-state index < -0.39 is 4.92 Å². The number of Topliss-reactive ketones (excluding diaryl/α,β-unsaturated/α-hetero) is 1. The van der Waals surface area contributed by atoms with Gasteiger partial charge in [-0.3, -0.25) is 14.9 Å². The van der Waals surface area contributed by atoms with E-state index in [0.29, 0.717) is 18.5 Å². The van der Waals surface area contributed by atoms with Crippen molar-refractivity contribution in [2.75, 3.05) is 11.4 Å². The number of ketones is 1. The van der Waals surface area contributed by atoms with Gasteiger partial charge in [-0.05, 0) is 25.5 Å². The van der Waals surface area contributed by atoms with Crippen LogP contribution in [0.3, 0.4) is 0 Å². The maximum absolute atomic E-state index is 12.9. The van der Waals surface area contributed by atoms with Crippen molar-refractivity contribution in [3.63, 3.8) is 0 Å². The molecule has 122 valence electrons. The lowest BCUT2D eigenvalue weighted by molar-refractivity contribution is -0.384. The third kappa shape index (κ3) is 3.20. The van der Waals surface area contributed by atoms with E-state index in [0.717, 1.165) is 5.69 Å². The standard InChI is InChI=1S/C19H18N2O3/c1-14-11-12-20(16-7-9-17(10-8-16)21(23)24)18(13-14)19(22)15-5-3-2-4-6-15/h2-11,18H,12-13H2,1H3/t18-/m0/s1. The fourth-order valence-electron chi connectivity index (χ4n) is 2.96. The molecule has 0 radical (unpaired) electrons. The Balaban J connectivity index is 1.92. The monoisotopic (exact) mass is 322 g/mol. The van der Waals surface area contributed by atoms with Crippen LogP contribution in [0.2, 0.25) is 0 Å². The Morgan fingerprint density at radius 2 is 1.79 bits per heavy atom. The van der Waals surface area contributed by atoms with Gasteiger partial charge in [0.25, 0.3) is 5.69 Å². The highest BCUT2D eigenvalue weighted by Crippen LogP contribution is 2.28. The summed E-state index contributed by atoms with van der Waals surface area (Å²) < 4.78 is 0. The Morgan fingerprint density at radius 1 is 1.12 bits per heavy atom. The lowest BCUT2D eigenvalue weighted by atomic mass is 9.93. The predicted octanol–water partition coefficient (Wildman–Crippen LogP) is 4.00. The Hall–Kier alpha value is -2.95. The van der Waals surface area contributed by atoms with Crippen molar-refractivity contribution in [1.29, 1.82) is 0 Å². The summed E-state index contributed by atoms with van der Waals surface area (Å²) in [7, 11) is 0. The molecular weight excluding hydrogens is 304 g/mol. The second-order valence-corrected chi connectivity index (χ2v) is 5.93. The minimum atomic E-state index is -0.420. The lowest BCUT2D eigenvalue weighted by Gasteiger charge is -2.35. The minimum absolute atomic E-state index is 0.0495. The summed E-state index contributed by atoms with van der Waals surface area (Å²) in [6.07, 6.45) is 2.75. The van der Waals surface area contributed by atoms with Crippen molar-refractivity contribution in [1.82, 2.24) is 0 Å². The number of non-ortho nitro benzene ring substituents is 1. The molecule has 0 bridgehead atoms. The fraction of sp³-hybridized carbons (Fsp3) is 0.211. The number of nitro groups is 1. The van der Waals surface area contributed by atoms with E-state index in [4.69, 9.17) is 0 Å². The van der Waals surface area contributed by atoms with Crippen LogP contribution in [0.1, 0.15) is 23.7 Å².